The fraction of sp³-hybridized carbons (Fsp3) is 0.111. The molecule has 2 nitrogen and oxygen atoms in total. The zero-order valence-corrected chi connectivity index (χ0v) is 7.99. The monoisotopic (exact) mass is 213 g/mol. The van der Waals surface area contributed by atoms with E-state index in [1.807, 2.05) is 0 Å². The van der Waals surface area contributed by atoms with Gasteiger partial charge >= 0.3 is 0 Å². The van der Waals surface area contributed by atoms with Gasteiger partial charge in [0.1, 0.15) is 17.2 Å². The largest absolute Gasteiger partial charge is 0.291 e. The molecule has 1 aromatic rings. The number of carbonyl (C=O) groups excluding carboxylic acids is 1. The van der Waals surface area contributed by atoms with Gasteiger partial charge in [-0.1, -0.05) is 6.07 Å². The van der Waals surface area contributed by atoms with Crippen LogP contribution in [0.3, 0.4) is 0 Å². The lowest BCUT2D eigenvalue weighted by Crippen LogP contribution is -2.04. The van der Waals surface area contributed by atoms with Gasteiger partial charge in [-0.05, 0) is 30.8 Å². The molecule has 0 aliphatic heterocycles. The quantitative estimate of drug-likeness (QED) is 0.530. The number of halogens is 2. The van der Waals surface area contributed by atoms with Gasteiger partial charge in [-0.2, -0.15) is 4.99 Å². The van der Waals surface area contributed by atoms with E-state index < -0.39 is 23.1 Å². The first-order valence-electron chi connectivity index (χ1n) is 3.64. The SMILES string of the molecule is Cc1ccc(F)c(C(=O)N=C=S)c1F. The standard InChI is InChI=1S/C9H5F2NOS/c1-5-2-3-6(10)7(8(5)11)9(13)12-4-14/h2-3H,1H3. The molecule has 1 rings (SSSR count). The Labute approximate surface area is 84.3 Å². The molecule has 0 heterocycles. The van der Waals surface area contributed by atoms with Crippen LogP contribution < -0.4 is 0 Å². The van der Waals surface area contributed by atoms with E-state index in [0.717, 1.165) is 6.07 Å². The number of rotatable bonds is 1. The summed E-state index contributed by atoms with van der Waals surface area (Å²) in [7, 11) is 0. The van der Waals surface area contributed by atoms with Gasteiger partial charge in [0.25, 0.3) is 5.91 Å². The minimum atomic E-state index is -1.06. The third-order valence-corrected chi connectivity index (χ3v) is 1.74. The number of hydrogen-bond donors (Lipinski definition) is 0. The lowest BCUT2D eigenvalue weighted by atomic mass is 10.1. The summed E-state index contributed by atoms with van der Waals surface area (Å²) in [6, 6.07) is 2.24. The molecule has 0 spiro atoms. The molecule has 5 heteroatoms. The van der Waals surface area contributed by atoms with Crippen LogP contribution in [-0.2, 0) is 0 Å². The number of benzene rings is 1. The van der Waals surface area contributed by atoms with Crippen molar-refractivity contribution >= 4 is 23.3 Å². The number of amides is 1. The highest BCUT2D eigenvalue weighted by Gasteiger charge is 2.17. The fourth-order valence-corrected chi connectivity index (χ4v) is 1.03. The van der Waals surface area contributed by atoms with Crippen LogP contribution >= 0.6 is 12.2 Å². The van der Waals surface area contributed by atoms with E-state index in [4.69, 9.17) is 0 Å². The summed E-state index contributed by atoms with van der Waals surface area (Å²) in [5, 5.41) is 1.77. The van der Waals surface area contributed by atoms with E-state index in [0.29, 0.717) is 0 Å². The van der Waals surface area contributed by atoms with Crippen LogP contribution in [0.1, 0.15) is 15.9 Å². The first-order chi connectivity index (χ1) is 6.57. The molecule has 14 heavy (non-hydrogen) atoms. The number of thiocarbonyl (C=S) groups is 1. The van der Waals surface area contributed by atoms with E-state index in [9.17, 15) is 13.6 Å². The molecule has 0 aromatic heterocycles. The second-order valence-electron chi connectivity index (χ2n) is 2.56. The molecule has 0 saturated carbocycles. The third-order valence-electron chi connectivity index (χ3n) is 1.65. The van der Waals surface area contributed by atoms with Gasteiger partial charge in [0.05, 0.1) is 5.16 Å². The number of carbonyl (C=O) groups is 1. The van der Waals surface area contributed by atoms with Crippen LogP contribution in [0.4, 0.5) is 8.78 Å². The van der Waals surface area contributed by atoms with Crippen molar-refractivity contribution in [2.75, 3.05) is 0 Å². The first-order valence-corrected chi connectivity index (χ1v) is 4.05. The van der Waals surface area contributed by atoms with Gasteiger partial charge in [0.2, 0.25) is 0 Å². The maximum Gasteiger partial charge on any atom is 0.291 e. The summed E-state index contributed by atoms with van der Waals surface area (Å²) in [5.74, 6) is -2.92. The predicted octanol–water partition coefficient (Wildman–Crippen LogP) is 2.52. The van der Waals surface area contributed by atoms with E-state index in [1.165, 1.54) is 13.0 Å². The van der Waals surface area contributed by atoms with E-state index in [2.05, 4.69) is 17.2 Å². The smallest absolute Gasteiger partial charge is 0.266 e. The molecule has 0 unspecified atom stereocenters. The zero-order chi connectivity index (χ0) is 10.7. The van der Waals surface area contributed by atoms with Crippen LogP contribution in [0.15, 0.2) is 17.1 Å². The molecule has 0 aliphatic carbocycles. The highest BCUT2D eigenvalue weighted by Crippen LogP contribution is 2.16. The van der Waals surface area contributed by atoms with Gasteiger partial charge in [-0.15, -0.1) is 0 Å². The molecule has 0 atom stereocenters. The molecular weight excluding hydrogens is 208 g/mol. The first kappa shape index (κ1) is 10.6. The summed E-state index contributed by atoms with van der Waals surface area (Å²) >= 11 is 4.17. The molecule has 0 bridgehead atoms. The van der Waals surface area contributed by atoms with Crippen molar-refractivity contribution in [3.05, 3.63) is 34.9 Å². The maximum absolute atomic E-state index is 13.3. The Morgan fingerprint density at radius 2 is 2.14 bits per heavy atom. The van der Waals surface area contributed by atoms with Crippen molar-refractivity contribution in [2.24, 2.45) is 4.99 Å². The Kier molecular flexibility index (Phi) is 3.17. The minimum absolute atomic E-state index is 0.175. The molecule has 0 radical (unpaired) electrons. The molecule has 0 N–H and O–H groups in total. The van der Waals surface area contributed by atoms with Crippen molar-refractivity contribution in [2.45, 2.75) is 6.92 Å². The van der Waals surface area contributed by atoms with Crippen LogP contribution in [0.5, 0.6) is 0 Å². The summed E-state index contributed by atoms with van der Waals surface area (Å²) in [6.45, 7) is 1.42. The van der Waals surface area contributed by atoms with Crippen LogP contribution in [0.2, 0.25) is 0 Å². The Balaban J connectivity index is 3.39. The molecular formula is C9H5F2NOS. The molecule has 72 valence electrons. The fourth-order valence-electron chi connectivity index (χ4n) is 0.950. The van der Waals surface area contributed by atoms with Crippen LogP contribution in [-0.4, -0.2) is 11.1 Å². The Morgan fingerprint density at radius 3 is 2.71 bits per heavy atom. The van der Waals surface area contributed by atoms with Crippen LogP contribution in [0, 0.1) is 18.6 Å². The normalized spacial score (nSPS) is 9.36. The molecule has 1 aromatic carbocycles. The Bertz CT molecular complexity index is 439. The van der Waals surface area contributed by atoms with Crippen molar-refractivity contribution < 1.29 is 13.6 Å². The highest BCUT2D eigenvalue weighted by atomic mass is 32.1. The predicted molar refractivity (Wildman–Crippen MR) is 50.5 cm³/mol. The van der Waals surface area contributed by atoms with E-state index in [1.54, 1.807) is 5.16 Å². The lowest BCUT2D eigenvalue weighted by molar-refractivity contribution is 0.0995. The molecule has 1 amide bonds. The third kappa shape index (κ3) is 1.89. The maximum atomic E-state index is 13.3. The summed E-state index contributed by atoms with van der Waals surface area (Å²) < 4.78 is 26.3. The summed E-state index contributed by atoms with van der Waals surface area (Å²) in [5.41, 5.74) is -0.517. The lowest BCUT2D eigenvalue weighted by Gasteiger charge is -2.01. The van der Waals surface area contributed by atoms with E-state index in [-0.39, 0.29) is 5.56 Å². The molecule has 0 fully saturated rings. The topological polar surface area (TPSA) is 29.4 Å². The van der Waals surface area contributed by atoms with Gasteiger partial charge in [0.15, 0.2) is 0 Å². The van der Waals surface area contributed by atoms with Crippen molar-refractivity contribution in [1.29, 1.82) is 0 Å². The average molecular weight is 213 g/mol. The second kappa shape index (κ2) is 4.17. The second-order valence-corrected chi connectivity index (χ2v) is 2.74. The number of nitrogens with zero attached hydrogens (tertiary/aromatic N) is 1. The Hall–Kier alpha value is -1.45. The number of aliphatic imine (C=N–C) groups is 1. The minimum Gasteiger partial charge on any atom is -0.266 e. The molecule has 0 saturated heterocycles. The van der Waals surface area contributed by atoms with Gasteiger partial charge < -0.3 is 0 Å². The van der Waals surface area contributed by atoms with Crippen molar-refractivity contribution in [3.8, 4) is 0 Å². The van der Waals surface area contributed by atoms with Gasteiger partial charge in [0, 0.05) is 0 Å². The van der Waals surface area contributed by atoms with Crippen molar-refractivity contribution in [3.63, 3.8) is 0 Å². The van der Waals surface area contributed by atoms with Crippen LogP contribution in [0.25, 0.3) is 0 Å². The highest BCUT2D eigenvalue weighted by molar-refractivity contribution is 7.78. The summed E-state index contributed by atoms with van der Waals surface area (Å²) in [6.07, 6.45) is 0. The number of aryl methyl sites for hydroxylation is 1. The van der Waals surface area contributed by atoms with Gasteiger partial charge in [-0.3, -0.25) is 4.79 Å². The van der Waals surface area contributed by atoms with Crippen molar-refractivity contribution in [1.82, 2.24) is 0 Å². The summed E-state index contributed by atoms with van der Waals surface area (Å²) in [4.78, 5) is 14.1. The zero-order valence-electron chi connectivity index (χ0n) is 7.17. The van der Waals surface area contributed by atoms with E-state index >= 15 is 0 Å². The number of isothiocyanates is 1. The molecule has 0 aliphatic rings. The number of hydrogen-bond acceptors (Lipinski definition) is 2. The van der Waals surface area contributed by atoms with Gasteiger partial charge in [-0.25, -0.2) is 8.78 Å². The Morgan fingerprint density at radius 1 is 1.50 bits per heavy atom. The average Bonchev–Trinajstić information content (AvgIpc) is 2.13.